The zero-order valence-corrected chi connectivity index (χ0v) is 11.6. The SMILES string of the molecule is NC(c1ccccc1)c1nnc(CCc2ccccc2)o1. The minimum Gasteiger partial charge on any atom is -0.423 e. The van der Waals surface area contributed by atoms with E-state index in [1.165, 1.54) is 5.56 Å². The van der Waals surface area contributed by atoms with E-state index in [2.05, 4.69) is 22.3 Å². The van der Waals surface area contributed by atoms with Crippen LogP contribution in [0.5, 0.6) is 0 Å². The Balaban J connectivity index is 1.66. The number of nitrogens with zero attached hydrogens (tertiary/aromatic N) is 2. The maximum absolute atomic E-state index is 6.14. The standard InChI is InChI=1S/C17H17N3O/c18-16(14-9-5-2-6-10-14)17-20-19-15(21-17)12-11-13-7-3-1-4-8-13/h1-10,16H,11-12,18H2. The van der Waals surface area contributed by atoms with Crippen molar-refractivity contribution in [3.8, 4) is 0 Å². The molecule has 0 aliphatic carbocycles. The molecule has 0 spiro atoms. The summed E-state index contributed by atoms with van der Waals surface area (Å²) in [7, 11) is 0. The fourth-order valence-corrected chi connectivity index (χ4v) is 2.19. The zero-order chi connectivity index (χ0) is 14.5. The van der Waals surface area contributed by atoms with Crippen LogP contribution in [0.25, 0.3) is 0 Å². The molecule has 0 amide bonds. The quantitative estimate of drug-likeness (QED) is 0.780. The molecule has 3 rings (SSSR count). The zero-order valence-electron chi connectivity index (χ0n) is 11.6. The van der Waals surface area contributed by atoms with E-state index in [9.17, 15) is 0 Å². The van der Waals surface area contributed by atoms with Gasteiger partial charge in [0.1, 0.15) is 6.04 Å². The molecule has 2 N–H and O–H groups in total. The van der Waals surface area contributed by atoms with Crippen molar-refractivity contribution in [1.29, 1.82) is 0 Å². The molecule has 4 nitrogen and oxygen atoms in total. The van der Waals surface area contributed by atoms with Gasteiger partial charge in [-0.15, -0.1) is 10.2 Å². The Hall–Kier alpha value is -2.46. The lowest BCUT2D eigenvalue weighted by molar-refractivity contribution is 0.434. The van der Waals surface area contributed by atoms with Gasteiger partial charge >= 0.3 is 0 Å². The monoisotopic (exact) mass is 279 g/mol. The van der Waals surface area contributed by atoms with E-state index >= 15 is 0 Å². The number of hydrogen-bond acceptors (Lipinski definition) is 4. The summed E-state index contributed by atoms with van der Waals surface area (Å²) < 4.78 is 5.67. The second kappa shape index (κ2) is 6.33. The van der Waals surface area contributed by atoms with E-state index in [4.69, 9.17) is 10.2 Å². The highest BCUT2D eigenvalue weighted by molar-refractivity contribution is 5.22. The lowest BCUT2D eigenvalue weighted by Gasteiger charge is -2.06. The van der Waals surface area contributed by atoms with Crippen LogP contribution in [0.15, 0.2) is 65.1 Å². The molecule has 1 unspecified atom stereocenters. The first-order valence-corrected chi connectivity index (χ1v) is 6.99. The van der Waals surface area contributed by atoms with E-state index in [0.29, 0.717) is 11.8 Å². The maximum Gasteiger partial charge on any atom is 0.237 e. The predicted molar refractivity (Wildman–Crippen MR) is 80.6 cm³/mol. The summed E-state index contributed by atoms with van der Waals surface area (Å²) >= 11 is 0. The molecular weight excluding hydrogens is 262 g/mol. The smallest absolute Gasteiger partial charge is 0.237 e. The molecule has 0 bridgehead atoms. The van der Waals surface area contributed by atoms with Crippen LogP contribution in [0.3, 0.4) is 0 Å². The van der Waals surface area contributed by atoms with Crippen LogP contribution in [-0.2, 0) is 12.8 Å². The third kappa shape index (κ3) is 3.35. The number of rotatable bonds is 5. The predicted octanol–water partition coefficient (Wildman–Crippen LogP) is 2.90. The first-order valence-electron chi connectivity index (χ1n) is 6.99. The lowest BCUT2D eigenvalue weighted by Crippen LogP contribution is -2.11. The molecule has 0 saturated carbocycles. The van der Waals surface area contributed by atoms with Crippen molar-refractivity contribution >= 4 is 0 Å². The van der Waals surface area contributed by atoms with Crippen LogP contribution >= 0.6 is 0 Å². The molecule has 0 fully saturated rings. The summed E-state index contributed by atoms with van der Waals surface area (Å²) in [5.41, 5.74) is 8.36. The Morgan fingerprint density at radius 2 is 1.52 bits per heavy atom. The van der Waals surface area contributed by atoms with Crippen molar-refractivity contribution in [3.63, 3.8) is 0 Å². The number of aryl methyl sites for hydroxylation is 2. The van der Waals surface area contributed by atoms with E-state index in [-0.39, 0.29) is 6.04 Å². The molecule has 4 heteroatoms. The Kier molecular flexibility index (Phi) is 4.07. The van der Waals surface area contributed by atoms with Gasteiger partial charge in [0.15, 0.2) is 0 Å². The molecule has 0 radical (unpaired) electrons. The summed E-state index contributed by atoms with van der Waals surface area (Å²) in [6.07, 6.45) is 1.60. The molecule has 0 aliphatic heterocycles. The third-order valence-electron chi connectivity index (χ3n) is 3.38. The molecule has 0 saturated heterocycles. The van der Waals surface area contributed by atoms with Gasteiger partial charge in [-0.2, -0.15) is 0 Å². The van der Waals surface area contributed by atoms with E-state index < -0.39 is 0 Å². The molecule has 0 aliphatic rings. The minimum atomic E-state index is -0.371. The number of hydrogen-bond donors (Lipinski definition) is 1. The summed E-state index contributed by atoms with van der Waals surface area (Å²) in [5.74, 6) is 1.09. The summed E-state index contributed by atoms with van der Waals surface area (Å²) in [6, 6.07) is 19.6. The fraction of sp³-hybridized carbons (Fsp3) is 0.176. The van der Waals surface area contributed by atoms with Crippen molar-refractivity contribution in [2.24, 2.45) is 5.73 Å². The first kappa shape index (κ1) is 13.5. The average molecular weight is 279 g/mol. The molecule has 3 aromatic rings. The second-order valence-electron chi connectivity index (χ2n) is 4.91. The maximum atomic E-state index is 6.14. The van der Waals surface area contributed by atoms with Gasteiger partial charge in [0, 0.05) is 6.42 Å². The summed E-state index contributed by atoms with van der Waals surface area (Å²) in [6.45, 7) is 0. The molecule has 1 atom stereocenters. The molecular formula is C17H17N3O. The van der Waals surface area contributed by atoms with Crippen LogP contribution in [0.1, 0.15) is 29.0 Å². The third-order valence-corrected chi connectivity index (χ3v) is 3.38. The molecule has 1 aromatic heterocycles. The van der Waals surface area contributed by atoms with Gasteiger partial charge < -0.3 is 10.2 Å². The minimum absolute atomic E-state index is 0.371. The van der Waals surface area contributed by atoms with Gasteiger partial charge in [-0.05, 0) is 17.5 Å². The normalized spacial score (nSPS) is 12.2. The number of benzene rings is 2. The number of aromatic nitrogens is 2. The van der Waals surface area contributed by atoms with Gasteiger partial charge in [0.2, 0.25) is 11.8 Å². The van der Waals surface area contributed by atoms with Crippen molar-refractivity contribution in [3.05, 3.63) is 83.6 Å². The van der Waals surface area contributed by atoms with Crippen LogP contribution in [-0.4, -0.2) is 10.2 Å². The number of nitrogens with two attached hydrogens (primary N) is 1. The molecule has 2 aromatic carbocycles. The Morgan fingerprint density at radius 3 is 2.24 bits per heavy atom. The summed E-state index contributed by atoms with van der Waals surface area (Å²) in [5, 5.41) is 8.14. The molecule has 21 heavy (non-hydrogen) atoms. The highest BCUT2D eigenvalue weighted by Gasteiger charge is 2.16. The fourth-order valence-electron chi connectivity index (χ4n) is 2.19. The second-order valence-corrected chi connectivity index (χ2v) is 4.91. The van der Waals surface area contributed by atoms with Crippen LogP contribution < -0.4 is 5.73 Å². The van der Waals surface area contributed by atoms with Gasteiger partial charge in [-0.3, -0.25) is 0 Å². The van der Waals surface area contributed by atoms with Gasteiger partial charge in [0.25, 0.3) is 0 Å². The van der Waals surface area contributed by atoms with Crippen molar-refractivity contribution < 1.29 is 4.42 Å². The largest absolute Gasteiger partial charge is 0.423 e. The Bertz CT molecular complexity index is 680. The molecule has 1 heterocycles. The van der Waals surface area contributed by atoms with Crippen LogP contribution in [0.4, 0.5) is 0 Å². The highest BCUT2D eigenvalue weighted by Crippen LogP contribution is 2.18. The van der Waals surface area contributed by atoms with Gasteiger partial charge in [0.05, 0.1) is 0 Å². The summed E-state index contributed by atoms with van der Waals surface area (Å²) in [4.78, 5) is 0. The Labute approximate surface area is 123 Å². The Morgan fingerprint density at radius 1 is 0.857 bits per heavy atom. The average Bonchev–Trinajstić information content (AvgIpc) is 3.03. The topological polar surface area (TPSA) is 64.9 Å². The first-order chi connectivity index (χ1) is 10.3. The van der Waals surface area contributed by atoms with Crippen LogP contribution in [0.2, 0.25) is 0 Å². The van der Waals surface area contributed by atoms with Gasteiger partial charge in [-0.25, -0.2) is 0 Å². The van der Waals surface area contributed by atoms with Crippen molar-refractivity contribution in [2.75, 3.05) is 0 Å². The molecule has 106 valence electrons. The van der Waals surface area contributed by atoms with E-state index in [1.807, 2.05) is 48.5 Å². The van der Waals surface area contributed by atoms with Gasteiger partial charge in [-0.1, -0.05) is 60.7 Å². The highest BCUT2D eigenvalue weighted by atomic mass is 16.4. The van der Waals surface area contributed by atoms with E-state index in [0.717, 1.165) is 18.4 Å². The van der Waals surface area contributed by atoms with Crippen molar-refractivity contribution in [1.82, 2.24) is 10.2 Å². The van der Waals surface area contributed by atoms with Crippen LogP contribution in [0, 0.1) is 0 Å². The van der Waals surface area contributed by atoms with Crippen molar-refractivity contribution in [2.45, 2.75) is 18.9 Å². The lowest BCUT2D eigenvalue weighted by atomic mass is 10.1. The van der Waals surface area contributed by atoms with E-state index in [1.54, 1.807) is 0 Å².